The number of amides is 1. The summed E-state index contributed by atoms with van der Waals surface area (Å²) in [4.78, 5) is 17.7. The Kier molecular flexibility index (Phi) is 5.08. The summed E-state index contributed by atoms with van der Waals surface area (Å²) in [6.45, 7) is 6.84. The number of anilines is 1. The molecule has 4 aliphatic heterocycles. The van der Waals surface area contributed by atoms with Crippen molar-refractivity contribution < 1.29 is 9.21 Å². The van der Waals surface area contributed by atoms with Crippen LogP contribution in [0.1, 0.15) is 49.6 Å². The maximum absolute atomic E-state index is 12.8. The fraction of sp³-hybridized carbons (Fsp3) is 0.542. The highest BCUT2D eigenvalue weighted by Crippen LogP contribution is 2.32. The Hall–Kier alpha value is -2.27. The standard InChI is InChI=1S/C24H31N3O2/c1-17-23(19-11-15-26(17)16-12-19)25-24(28)22-10-9-21(29-22)18-5-7-20(8-6-18)27-13-3-2-4-14-27/h5-10,17,19,23H,2-4,11-16H2,1H3,(H,25,28)/t17-,23-/m0/s1. The van der Waals surface area contributed by atoms with Gasteiger partial charge in [0.15, 0.2) is 5.76 Å². The molecule has 0 radical (unpaired) electrons. The van der Waals surface area contributed by atoms with Crippen molar-refractivity contribution in [2.45, 2.75) is 51.1 Å². The van der Waals surface area contributed by atoms with E-state index in [1.165, 1.54) is 37.8 Å². The van der Waals surface area contributed by atoms with Crippen LogP contribution in [-0.2, 0) is 0 Å². The molecule has 2 aromatic rings. The van der Waals surface area contributed by atoms with E-state index in [1.807, 2.05) is 6.07 Å². The summed E-state index contributed by atoms with van der Waals surface area (Å²) in [6.07, 6.45) is 6.25. The van der Waals surface area contributed by atoms with Crippen LogP contribution in [0.15, 0.2) is 40.8 Å². The Labute approximate surface area is 173 Å². The normalized spacial score (nSPS) is 29.1. The minimum absolute atomic E-state index is 0.0909. The fourth-order valence-corrected chi connectivity index (χ4v) is 5.37. The van der Waals surface area contributed by atoms with Gasteiger partial charge in [-0.3, -0.25) is 9.69 Å². The van der Waals surface area contributed by atoms with Crippen molar-refractivity contribution >= 4 is 11.6 Å². The molecule has 2 bridgehead atoms. The third-order valence-corrected chi connectivity index (χ3v) is 7.18. The first-order valence-electron chi connectivity index (χ1n) is 11.2. The largest absolute Gasteiger partial charge is 0.451 e. The molecule has 6 rings (SSSR count). The minimum atomic E-state index is -0.0909. The van der Waals surface area contributed by atoms with Crippen LogP contribution in [0.5, 0.6) is 0 Å². The first-order valence-corrected chi connectivity index (χ1v) is 11.2. The lowest BCUT2D eigenvalue weighted by molar-refractivity contribution is 0.0211. The number of rotatable bonds is 4. The van der Waals surface area contributed by atoms with Crippen molar-refractivity contribution in [2.75, 3.05) is 31.1 Å². The number of hydrogen-bond acceptors (Lipinski definition) is 4. The number of furan rings is 1. The zero-order valence-electron chi connectivity index (χ0n) is 17.3. The molecule has 4 fully saturated rings. The summed E-state index contributed by atoms with van der Waals surface area (Å²) in [5.41, 5.74) is 2.29. The molecular weight excluding hydrogens is 362 g/mol. The minimum Gasteiger partial charge on any atom is -0.451 e. The predicted molar refractivity (Wildman–Crippen MR) is 115 cm³/mol. The van der Waals surface area contributed by atoms with E-state index in [0.717, 1.165) is 37.5 Å². The molecule has 1 amide bonds. The van der Waals surface area contributed by atoms with Gasteiger partial charge in [0.05, 0.1) is 0 Å². The highest BCUT2D eigenvalue weighted by atomic mass is 16.3. The lowest BCUT2D eigenvalue weighted by atomic mass is 9.79. The maximum Gasteiger partial charge on any atom is 0.287 e. The Bertz CT molecular complexity index is 843. The third-order valence-electron chi connectivity index (χ3n) is 7.18. The molecule has 1 aromatic carbocycles. The third kappa shape index (κ3) is 3.68. The molecule has 154 valence electrons. The molecule has 1 aromatic heterocycles. The van der Waals surface area contributed by atoms with E-state index < -0.39 is 0 Å². The van der Waals surface area contributed by atoms with Gasteiger partial charge >= 0.3 is 0 Å². The average Bonchev–Trinajstić information content (AvgIpc) is 3.28. The van der Waals surface area contributed by atoms with Gasteiger partial charge < -0.3 is 14.6 Å². The van der Waals surface area contributed by atoms with Crippen LogP contribution in [0.3, 0.4) is 0 Å². The molecule has 5 heteroatoms. The summed E-state index contributed by atoms with van der Waals surface area (Å²) in [6, 6.07) is 12.9. The number of carbonyl (C=O) groups excluding carboxylic acids is 1. The summed E-state index contributed by atoms with van der Waals surface area (Å²) in [5, 5.41) is 3.25. The quantitative estimate of drug-likeness (QED) is 0.848. The van der Waals surface area contributed by atoms with Crippen LogP contribution in [-0.4, -0.2) is 49.1 Å². The molecule has 5 heterocycles. The van der Waals surface area contributed by atoms with Gasteiger partial charge in [-0.2, -0.15) is 0 Å². The lowest BCUT2D eigenvalue weighted by Crippen LogP contribution is -2.62. The maximum atomic E-state index is 12.8. The first-order chi connectivity index (χ1) is 14.2. The summed E-state index contributed by atoms with van der Waals surface area (Å²) in [7, 11) is 0. The predicted octanol–water partition coefficient (Wildman–Crippen LogP) is 4.15. The molecule has 0 aliphatic carbocycles. The van der Waals surface area contributed by atoms with Gasteiger partial charge in [-0.1, -0.05) is 0 Å². The van der Waals surface area contributed by atoms with Crippen molar-refractivity contribution in [1.82, 2.24) is 10.2 Å². The van der Waals surface area contributed by atoms with E-state index in [4.69, 9.17) is 4.42 Å². The van der Waals surface area contributed by atoms with Crippen LogP contribution in [0.2, 0.25) is 0 Å². The number of piperidine rings is 4. The van der Waals surface area contributed by atoms with Crippen LogP contribution in [0.4, 0.5) is 5.69 Å². The van der Waals surface area contributed by atoms with E-state index in [0.29, 0.717) is 17.7 Å². The van der Waals surface area contributed by atoms with Gasteiger partial charge in [0, 0.05) is 36.4 Å². The summed E-state index contributed by atoms with van der Waals surface area (Å²) < 4.78 is 5.93. The van der Waals surface area contributed by atoms with Crippen molar-refractivity contribution in [3.05, 3.63) is 42.2 Å². The van der Waals surface area contributed by atoms with Gasteiger partial charge in [0.25, 0.3) is 5.91 Å². The average molecular weight is 394 g/mol. The highest BCUT2D eigenvalue weighted by molar-refractivity contribution is 5.92. The summed E-state index contributed by atoms with van der Waals surface area (Å²) >= 11 is 0. The van der Waals surface area contributed by atoms with Crippen molar-refractivity contribution in [1.29, 1.82) is 0 Å². The molecular formula is C24H31N3O2. The SMILES string of the molecule is C[C@H]1[C@H](NC(=O)c2ccc(-c3ccc(N4CCCCC4)cc3)o2)C2CCN1CC2. The van der Waals surface area contributed by atoms with Gasteiger partial charge in [-0.15, -0.1) is 0 Å². The Morgan fingerprint density at radius 2 is 1.69 bits per heavy atom. The van der Waals surface area contributed by atoms with Gasteiger partial charge in [0.2, 0.25) is 0 Å². The van der Waals surface area contributed by atoms with E-state index in [-0.39, 0.29) is 11.9 Å². The Balaban J connectivity index is 1.26. The molecule has 5 nitrogen and oxygen atoms in total. The zero-order valence-corrected chi connectivity index (χ0v) is 17.3. The number of nitrogens with one attached hydrogen (secondary N) is 1. The number of carbonyl (C=O) groups is 1. The monoisotopic (exact) mass is 393 g/mol. The second-order valence-corrected chi connectivity index (χ2v) is 8.87. The smallest absolute Gasteiger partial charge is 0.287 e. The highest BCUT2D eigenvalue weighted by Gasteiger charge is 2.40. The summed E-state index contributed by atoms with van der Waals surface area (Å²) in [5.74, 6) is 1.66. The number of benzene rings is 1. The molecule has 1 N–H and O–H groups in total. The van der Waals surface area contributed by atoms with E-state index in [1.54, 1.807) is 6.07 Å². The van der Waals surface area contributed by atoms with Crippen molar-refractivity contribution in [3.8, 4) is 11.3 Å². The Morgan fingerprint density at radius 3 is 2.38 bits per heavy atom. The molecule has 4 aliphatic rings. The van der Waals surface area contributed by atoms with E-state index in [2.05, 4.69) is 46.3 Å². The second-order valence-electron chi connectivity index (χ2n) is 8.87. The number of hydrogen-bond donors (Lipinski definition) is 1. The van der Waals surface area contributed by atoms with Gasteiger partial charge in [0.1, 0.15) is 5.76 Å². The topological polar surface area (TPSA) is 48.7 Å². The lowest BCUT2D eigenvalue weighted by Gasteiger charge is -2.49. The Morgan fingerprint density at radius 1 is 0.966 bits per heavy atom. The van der Waals surface area contributed by atoms with Gasteiger partial charge in [-0.05, 0) is 94.4 Å². The molecule has 0 saturated carbocycles. The molecule has 0 spiro atoms. The van der Waals surface area contributed by atoms with Crippen LogP contribution in [0.25, 0.3) is 11.3 Å². The zero-order chi connectivity index (χ0) is 19.8. The molecule has 0 unspecified atom stereocenters. The van der Waals surface area contributed by atoms with Gasteiger partial charge in [-0.25, -0.2) is 0 Å². The second kappa shape index (κ2) is 7.86. The van der Waals surface area contributed by atoms with E-state index in [9.17, 15) is 4.79 Å². The molecule has 2 atom stereocenters. The first kappa shape index (κ1) is 18.7. The van der Waals surface area contributed by atoms with Crippen LogP contribution < -0.4 is 10.2 Å². The van der Waals surface area contributed by atoms with Crippen molar-refractivity contribution in [3.63, 3.8) is 0 Å². The van der Waals surface area contributed by atoms with Crippen LogP contribution >= 0.6 is 0 Å². The van der Waals surface area contributed by atoms with Crippen LogP contribution in [0, 0.1) is 5.92 Å². The number of fused-ring (bicyclic) bond motifs is 3. The molecule has 4 saturated heterocycles. The van der Waals surface area contributed by atoms with Crippen molar-refractivity contribution in [2.24, 2.45) is 5.92 Å². The molecule has 29 heavy (non-hydrogen) atoms. The fourth-order valence-electron chi connectivity index (χ4n) is 5.37. The number of nitrogens with zero attached hydrogens (tertiary/aromatic N) is 2. The van der Waals surface area contributed by atoms with E-state index >= 15 is 0 Å².